The van der Waals surface area contributed by atoms with Gasteiger partial charge >= 0.3 is 0 Å². The molecule has 1 aromatic heterocycles. The van der Waals surface area contributed by atoms with Crippen LogP contribution in [-0.2, 0) is 17.7 Å². The second-order valence-electron chi connectivity index (χ2n) is 7.41. The van der Waals surface area contributed by atoms with Crippen LogP contribution in [0.15, 0.2) is 40.7 Å². The van der Waals surface area contributed by atoms with Crippen LogP contribution in [0.25, 0.3) is 0 Å². The zero-order valence-electron chi connectivity index (χ0n) is 18.6. The number of aromatic nitrogens is 1. The number of aliphatic imine (C=N–C) groups is 1. The van der Waals surface area contributed by atoms with Crippen LogP contribution in [0.3, 0.4) is 0 Å². The number of benzene rings is 1. The summed E-state index contributed by atoms with van der Waals surface area (Å²) in [5.74, 6) is 0.904. The molecule has 0 aliphatic heterocycles. The highest BCUT2D eigenvalue weighted by Crippen LogP contribution is 2.21. The first-order valence-corrected chi connectivity index (χ1v) is 11.0. The molecule has 0 fully saturated rings. The molecule has 0 spiro atoms. The van der Waals surface area contributed by atoms with E-state index in [2.05, 4.69) is 78.9 Å². The van der Waals surface area contributed by atoms with Crippen molar-refractivity contribution in [2.75, 3.05) is 41.3 Å². The quantitative estimate of drug-likeness (QED) is 0.474. The largest absolute Gasteiger partial charge is 0.375 e. The molecule has 0 saturated carbocycles. The molecule has 6 nitrogen and oxygen atoms in total. The molecule has 0 radical (unpaired) electrons. The monoisotopic (exact) mass is 417 g/mol. The number of nitrogens with one attached hydrogen (secondary N) is 1. The van der Waals surface area contributed by atoms with Crippen LogP contribution < -0.4 is 5.32 Å². The molecule has 1 heterocycles. The minimum Gasteiger partial charge on any atom is -0.375 e. The normalized spacial score (nSPS) is 14.1. The lowest BCUT2D eigenvalue weighted by molar-refractivity contribution is 0.119. The number of thiazole rings is 1. The van der Waals surface area contributed by atoms with Crippen LogP contribution in [0.5, 0.6) is 0 Å². The van der Waals surface area contributed by atoms with E-state index >= 15 is 0 Å². The van der Waals surface area contributed by atoms with E-state index in [4.69, 9.17) is 14.7 Å². The van der Waals surface area contributed by atoms with Crippen LogP contribution in [0.4, 0.5) is 0 Å². The third-order valence-corrected chi connectivity index (χ3v) is 5.92. The van der Waals surface area contributed by atoms with Gasteiger partial charge in [0.2, 0.25) is 0 Å². The van der Waals surface area contributed by atoms with Gasteiger partial charge in [-0.1, -0.05) is 30.3 Å². The number of ether oxygens (including phenoxy) is 1. The third kappa shape index (κ3) is 7.42. The fourth-order valence-corrected chi connectivity index (χ4v) is 3.80. The second kappa shape index (κ2) is 11.9. The van der Waals surface area contributed by atoms with Crippen LogP contribution in [-0.4, -0.2) is 68.1 Å². The number of nitrogens with zero attached hydrogens (tertiary/aromatic N) is 4. The summed E-state index contributed by atoms with van der Waals surface area (Å²) in [7, 11) is 8.01. The zero-order chi connectivity index (χ0) is 21.2. The van der Waals surface area contributed by atoms with Crippen molar-refractivity contribution in [3.63, 3.8) is 0 Å². The van der Waals surface area contributed by atoms with E-state index in [1.807, 2.05) is 6.92 Å². The standard InChI is InChI=1S/C22H35N5OS/c1-7-23-22(27(5)15-19-16-29-21(25-19)17(2)28-6)24-14-20(26(3)4)13-18-11-9-8-10-12-18/h8-12,16-17,20H,7,13-15H2,1-6H3,(H,23,24). The minimum absolute atomic E-state index is 0.0276. The number of rotatable bonds is 10. The Bertz CT molecular complexity index is 747. The predicted molar refractivity (Wildman–Crippen MR) is 123 cm³/mol. The van der Waals surface area contributed by atoms with Crippen molar-refractivity contribution in [1.82, 2.24) is 20.1 Å². The van der Waals surface area contributed by atoms with Crippen molar-refractivity contribution in [2.45, 2.75) is 39.0 Å². The lowest BCUT2D eigenvalue weighted by atomic mass is 10.1. The third-order valence-electron chi connectivity index (χ3n) is 4.86. The average molecular weight is 418 g/mol. The Kier molecular flexibility index (Phi) is 9.57. The summed E-state index contributed by atoms with van der Waals surface area (Å²) < 4.78 is 5.37. The first-order valence-electron chi connectivity index (χ1n) is 10.1. The van der Waals surface area contributed by atoms with Gasteiger partial charge in [-0.05, 0) is 39.9 Å². The highest BCUT2D eigenvalue weighted by atomic mass is 32.1. The molecule has 2 unspecified atom stereocenters. The van der Waals surface area contributed by atoms with E-state index in [9.17, 15) is 0 Å². The van der Waals surface area contributed by atoms with E-state index < -0.39 is 0 Å². The molecule has 0 bridgehead atoms. The maximum absolute atomic E-state index is 5.37. The minimum atomic E-state index is 0.0276. The first-order chi connectivity index (χ1) is 13.9. The van der Waals surface area contributed by atoms with Crippen LogP contribution in [0.2, 0.25) is 0 Å². The fourth-order valence-electron chi connectivity index (χ4n) is 2.96. The van der Waals surface area contributed by atoms with Gasteiger partial charge in [0.1, 0.15) is 11.1 Å². The lowest BCUT2D eigenvalue weighted by Gasteiger charge is -2.25. The molecule has 2 aromatic rings. The maximum Gasteiger partial charge on any atom is 0.194 e. The summed E-state index contributed by atoms with van der Waals surface area (Å²) >= 11 is 1.64. The number of hydrogen-bond donors (Lipinski definition) is 1. The van der Waals surface area contributed by atoms with Crippen molar-refractivity contribution in [3.8, 4) is 0 Å². The second-order valence-corrected chi connectivity index (χ2v) is 8.30. The summed E-state index contributed by atoms with van der Waals surface area (Å²) in [4.78, 5) is 14.0. The molecule has 0 aliphatic carbocycles. The van der Waals surface area contributed by atoms with Crippen molar-refractivity contribution < 1.29 is 4.74 Å². The molecule has 29 heavy (non-hydrogen) atoms. The fraction of sp³-hybridized carbons (Fsp3) is 0.545. The van der Waals surface area contributed by atoms with Crippen LogP contribution in [0.1, 0.15) is 36.2 Å². The topological polar surface area (TPSA) is 53.0 Å². The van der Waals surface area contributed by atoms with Gasteiger partial charge in [0.25, 0.3) is 0 Å². The van der Waals surface area contributed by atoms with Gasteiger partial charge in [-0.3, -0.25) is 4.99 Å². The molecule has 1 aromatic carbocycles. The summed E-state index contributed by atoms with van der Waals surface area (Å²) in [6, 6.07) is 10.9. The highest BCUT2D eigenvalue weighted by Gasteiger charge is 2.15. The summed E-state index contributed by atoms with van der Waals surface area (Å²) in [6.07, 6.45) is 1.00. The lowest BCUT2D eigenvalue weighted by Crippen LogP contribution is -2.40. The number of guanidine groups is 1. The predicted octanol–water partition coefficient (Wildman–Crippen LogP) is 3.42. The van der Waals surface area contributed by atoms with E-state index in [1.54, 1.807) is 18.4 Å². The molecular weight excluding hydrogens is 382 g/mol. The Morgan fingerprint density at radius 3 is 2.59 bits per heavy atom. The number of hydrogen-bond acceptors (Lipinski definition) is 5. The Hall–Kier alpha value is -1.96. The van der Waals surface area contributed by atoms with Gasteiger partial charge in [0, 0.05) is 32.1 Å². The van der Waals surface area contributed by atoms with Crippen molar-refractivity contribution in [2.24, 2.45) is 4.99 Å². The zero-order valence-corrected chi connectivity index (χ0v) is 19.4. The number of methoxy groups -OCH3 is 1. The average Bonchev–Trinajstić information content (AvgIpc) is 3.18. The molecule has 7 heteroatoms. The van der Waals surface area contributed by atoms with Crippen molar-refractivity contribution >= 4 is 17.3 Å². The molecule has 0 amide bonds. The molecule has 160 valence electrons. The highest BCUT2D eigenvalue weighted by molar-refractivity contribution is 7.09. The Morgan fingerprint density at radius 1 is 1.24 bits per heavy atom. The van der Waals surface area contributed by atoms with Gasteiger partial charge in [-0.15, -0.1) is 11.3 Å². The molecule has 2 atom stereocenters. The van der Waals surface area contributed by atoms with E-state index in [1.165, 1.54) is 5.56 Å². The maximum atomic E-state index is 5.37. The molecule has 0 saturated heterocycles. The van der Waals surface area contributed by atoms with Crippen molar-refractivity contribution in [3.05, 3.63) is 52.0 Å². The van der Waals surface area contributed by atoms with E-state index in [0.717, 1.165) is 36.2 Å². The van der Waals surface area contributed by atoms with Gasteiger partial charge in [-0.25, -0.2) is 4.98 Å². The van der Waals surface area contributed by atoms with Crippen LogP contribution >= 0.6 is 11.3 Å². The summed E-state index contributed by atoms with van der Waals surface area (Å²) in [5, 5.41) is 6.52. The van der Waals surface area contributed by atoms with E-state index in [-0.39, 0.29) is 6.10 Å². The van der Waals surface area contributed by atoms with Gasteiger partial charge in [0.15, 0.2) is 5.96 Å². The van der Waals surface area contributed by atoms with Gasteiger partial charge in [0.05, 0.1) is 18.8 Å². The first kappa shape index (κ1) is 23.3. The smallest absolute Gasteiger partial charge is 0.194 e. The summed E-state index contributed by atoms with van der Waals surface area (Å²) in [6.45, 7) is 6.39. The molecule has 0 aliphatic rings. The summed E-state index contributed by atoms with van der Waals surface area (Å²) in [5.41, 5.74) is 2.37. The van der Waals surface area contributed by atoms with Crippen molar-refractivity contribution in [1.29, 1.82) is 0 Å². The van der Waals surface area contributed by atoms with Gasteiger partial charge in [-0.2, -0.15) is 0 Å². The van der Waals surface area contributed by atoms with Gasteiger partial charge < -0.3 is 19.9 Å². The SMILES string of the molecule is CCNC(=NCC(Cc1ccccc1)N(C)C)N(C)Cc1csc(C(C)OC)n1. The molecule has 2 rings (SSSR count). The Balaban J connectivity index is 2.05. The Morgan fingerprint density at radius 2 is 1.97 bits per heavy atom. The van der Waals surface area contributed by atoms with Crippen LogP contribution in [0, 0.1) is 0 Å². The number of likely N-dealkylation sites (N-methyl/N-ethyl adjacent to an activating group) is 1. The Labute approximate surface area is 179 Å². The van der Waals surface area contributed by atoms with E-state index in [0.29, 0.717) is 12.6 Å². The molecular formula is C22H35N5OS. The molecule has 1 N–H and O–H groups in total.